The van der Waals surface area contributed by atoms with Crippen molar-refractivity contribution in [3.63, 3.8) is 0 Å². The molecular weight excluding hydrogens is 382 g/mol. The van der Waals surface area contributed by atoms with Crippen LogP contribution in [0, 0.1) is 20.8 Å². The molecule has 1 aromatic rings. The molecule has 1 aromatic carbocycles. The van der Waals surface area contributed by atoms with Gasteiger partial charge in [-0.25, -0.2) is 4.79 Å². The van der Waals surface area contributed by atoms with Crippen LogP contribution in [0.1, 0.15) is 48.9 Å². The largest absolute Gasteiger partial charge is 0.487 e. The number of aliphatic carboxylic acids is 1. The number of fused-ring (bicyclic) bond motifs is 1. The number of nitrogens with two attached hydrogens (primary N) is 1. The molecule has 0 saturated carbocycles. The highest BCUT2D eigenvalue weighted by molar-refractivity contribution is 7.90. The minimum absolute atomic E-state index is 0.124. The second-order valence-electron chi connectivity index (χ2n) is 8.16. The summed E-state index contributed by atoms with van der Waals surface area (Å²) in [5.41, 5.74) is 8.34. The average molecular weight is 410 g/mol. The first-order valence-electron chi connectivity index (χ1n) is 9.27. The van der Waals surface area contributed by atoms with Gasteiger partial charge in [0.15, 0.2) is 0 Å². The van der Waals surface area contributed by atoms with Gasteiger partial charge in [-0.2, -0.15) is 8.42 Å². The Bertz CT molecular complexity index is 982. The first kappa shape index (κ1) is 20.4. The van der Waals surface area contributed by atoms with Crippen LogP contribution < -0.4 is 10.5 Å². The second kappa shape index (κ2) is 6.65. The smallest absolute Gasteiger partial charge is 0.326 e. The summed E-state index contributed by atoms with van der Waals surface area (Å²) in [4.78, 5) is 12.8. The summed E-state index contributed by atoms with van der Waals surface area (Å²) in [5, 5.41) is 9.31. The molecule has 3 N–H and O–H groups in total. The molecule has 28 heavy (non-hydrogen) atoms. The van der Waals surface area contributed by atoms with Crippen LogP contribution in [0.4, 0.5) is 0 Å². The number of hydrogen-bond acceptors (Lipinski definition) is 4. The molecule has 9 heteroatoms. The third-order valence-electron chi connectivity index (χ3n) is 5.60. The molecule has 1 fully saturated rings. The molecule has 0 bridgehead atoms. The predicted molar refractivity (Wildman–Crippen MR) is 105 cm³/mol. The molecule has 1 unspecified atom stereocenters. The number of likely N-dealkylation sites (tertiary alicyclic amines) is 1. The van der Waals surface area contributed by atoms with Crippen LogP contribution in [0.3, 0.4) is 0 Å². The van der Waals surface area contributed by atoms with Gasteiger partial charge in [0, 0.05) is 18.5 Å². The van der Waals surface area contributed by atoms with Gasteiger partial charge >= 0.3 is 5.97 Å². The van der Waals surface area contributed by atoms with Crippen LogP contribution in [0.2, 0.25) is 0 Å². The molecule has 3 rings (SSSR count). The summed E-state index contributed by atoms with van der Waals surface area (Å²) >= 11 is 0. The first-order chi connectivity index (χ1) is 12.9. The molecule has 2 aliphatic rings. The number of benzene rings is 1. The van der Waals surface area contributed by atoms with E-state index < -0.39 is 27.6 Å². The van der Waals surface area contributed by atoms with Crippen molar-refractivity contribution in [2.75, 3.05) is 6.54 Å². The number of hydrogen-bond donors (Lipinski definition) is 2. The topological polar surface area (TPSA) is 122 Å². The molecule has 2 aliphatic heterocycles. The van der Waals surface area contributed by atoms with E-state index in [1.54, 1.807) is 13.8 Å². The zero-order chi connectivity index (χ0) is 21.0. The summed E-state index contributed by atoms with van der Waals surface area (Å²) in [6.45, 7) is 9.61. The lowest BCUT2D eigenvalue weighted by atomic mass is 9.94. The Morgan fingerprint density at radius 1 is 1.25 bits per heavy atom. The van der Waals surface area contributed by atoms with E-state index in [9.17, 15) is 18.3 Å². The molecule has 0 spiro atoms. The van der Waals surface area contributed by atoms with Gasteiger partial charge in [0.2, 0.25) is 5.96 Å². The Balaban J connectivity index is 2.09. The van der Waals surface area contributed by atoms with Crippen molar-refractivity contribution in [3.8, 4) is 5.75 Å². The van der Waals surface area contributed by atoms with Gasteiger partial charge in [-0.15, -0.1) is 4.40 Å². The molecule has 0 amide bonds. The van der Waals surface area contributed by atoms with E-state index >= 15 is 0 Å². The van der Waals surface area contributed by atoms with Crippen molar-refractivity contribution in [2.45, 2.75) is 70.4 Å². The molecule has 1 saturated heterocycles. The quantitative estimate of drug-likeness (QED) is 0.577. The van der Waals surface area contributed by atoms with Crippen LogP contribution in [0.15, 0.2) is 9.29 Å². The minimum Gasteiger partial charge on any atom is -0.487 e. The van der Waals surface area contributed by atoms with Gasteiger partial charge in [0.05, 0.1) is 4.90 Å². The number of carboxylic acids is 1. The van der Waals surface area contributed by atoms with Crippen molar-refractivity contribution in [2.24, 2.45) is 10.1 Å². The van der Waals surface area contributed by atoms with Crippen molar-refractivity contribution < 1.29 is 23.1 Å². The predicted octanol–water partition coefficient (Wildman–Crippen LogP) is 1.88. The summed E-state index contributed by atoms with van der Waals surface area (Å²) < 4.78 is 36.1. The van der Waals surface area contributed by atoms with Crippen LogP contribution >= 0.6 is 0 Å². The van der Waals surface area contributed by atoms with Gasteiger partial charge in [0.1, 0.15) is 17.4 Å². The summed E-state index contributed by atoms with van der Waals surface area (Å²) in [6, 6.07) is -0.850. The Kier molecular flexibility index (Phi) is 4.85. The number of nitrogens with zero attached hydrogens (tertiary/aromatic N) is 2. The van der Waals surface area contributed by atoms with E-state index in [-0.39, 0.29) is 10.9 Å². The minimum atomic E-state index is -4.12. The maximum atomic E-state index is 13.1. The lowest BCUT2D eigenvalue weighted by molar-refractivity contribution is -0.140. The summed E-state index contributed by atoms with van der Waals surface area (Å²) in [7, 11) is -4.12. The molecule has 0 aliphatic carbocycles. The lowest BCUT2D eigenvalue weighted by Gasteiger charge is -2.22. The highest BCUT2D eigenvalue weighted by Gasteiger charge is 2.37. The average Bonchev–Trinajstić information content (AvgIpc) is 3.16. The fourth-order valence-electron chi connectivity index (χ4n) is 4.15. The summed E-state index contributed by atoms with van der Waals surface area (Å²) in [6.07, 6.45) is 1.63. The Hall–Kier alpha value is -2.29. The van der Waals surface area contributed by atoms with E-state index in [0.29, 0.717) is 36.9 Å². The van der Waals surface area contributed by atoms with Gasteiger partial charge in [-0.3, -0.25) is 0 Å². The third-order valence-corrected chi connectivity index (χ3v) is 7.15. The zero-order valence-electron chi connectivity index (χ0n) is 16.9. The van der Waals surface area contributed by atoms with Gasteiger partial charge in [0.25, 0.3) is 10.0 Å². The van der Waals surface area contributed by atoms with Crippen LogP contribution in [0.25, 0.3) is 0 Å². The van der Waals surface area contributed by atoms with Gasteiger partial charge in [-0.05, 0) is 64.2 Å². The van der Waals surface area contributed by atoms with E-state index in [0.717, 1.165) is 16.9 Å². The second-order valence-corrected chi connectivity index (χ2v) is 9.71. The van der Waals surface area contributed by atoms with Crippen molar-refractivity contribution >= 4 is 22.0 Å². The molecule has 0 radical (unpaired) electrons. The van der Waals surface area contributed by atoms with E-state index in [2.05, 4.69) is 4.40 Å². The summed E-state index contributed by atoms with van der Waals surface area (Å²) in [5.74, 6) is -0.576. The standard InChI is InChI=1S/C19H27N3O5S/c1-10-11(2)16(12(3)13-9-19(4,5)27-15(10)13)28(25,26)21-18(20)22-8-6-7-14(22)17(23)24/h14H,6-9H2,1-5H3,(H2,20,21)(H,23,24). The molecule has 1 atom stereocenters. The number of guanidine groups is 1. The number of rotatable bonds is 3. The van der Waals surface area contributed by atoms with Crippen molar-refractivity contribution in [1.82, 2.24) is 4.90 Å². The SMILES string of the molecule is Cc1c(C)c(S(=O)(=O)/N=C(\N)N2CCCC2C(=O)O)c(C)c2c1OC(C)(C)C2. The van der Waals surface area contributed by atoms with Crippen LogP contribution in [-0.4, -0.2) is 48.5 Å². The third kappa shape index (κ3) is 3.32. The normalized spacial score (nSPS) is 21.5. The number of carboxylic acid groups (broad SMARTS) is 1. The van der Waals surface area contributed by atoms with E-state index in [4.69, 9.17) is 10.5 Å². The lowest BCUT2D eigenvalue weighted by Crippen LogP contribution is -2.45. The van der Waals surface area contributed by atoms with E-state index in [1.807, 2.05) is 20.8 Å². The maximum absolute atomic E-state index is 13.1. The Morgan fingerprint density at radius 3 is 2.50 bits per heavy atom. The fourth-order valence-corrected chi connectivity index (χ4v) is 5.64. The van der Waals surface area contributed by atoms with Gasteiger partial charge < -0.3 is 20.5 Å². The van der Waals surface area contributed by atoms with Crippen LogP contribution in [0.5, 0.6) is 5.75 Å². The van der Waals surface area contributed by atoms with Crippen LogP contribution in [-0.2, 0) is 21.2 Å². The highest BCUT2D eigenvalue weighted by Crippen LogP contribution is 2.44. The first-order valence-corrected chi connectivity index (χ1v) is 10.7. The molecule has 8 nitrogen and oxygen atoms in total. The van der Waals surface area contributed by atoms with Gasteiger partial charge in [-0.1, -0.05) is 0 Å². The van der Waals surface area contributed by atoms with Crippen molar-refractivity contribution in [3.05, 3.63) is 22.3 Å². The number of sulfonamides is 1. The monoisotopic (exact) mass is 409 g/mol. The van der Waals surface area contributed by atoms with Crippen molar-refractivity contribution in [1.29, 1.82) is 0 Å². The molecule has 2 heterocycles. The Morgan fingerprint density at radius 2 is 1.89 bits per heavy atom. The highest BCUT2D eigenvalue weighted by atomic mass is 32.2. The Labute approximate surface area is 165 Å². The number of ether oxygens (including phenoxy) is 1. The maximum Gasteiger partial charge on any atom is 0.326 e. The molecule has 154 valence electrons. The number of carbonyl (C=O) groups is 1. The fraction of sp³-hybridized carbons (Fsp3) is 0.579. The molecule has 0 aromatic heterocycles. The van der Waals surface area contributed by atoms with E-state index in [1.165, 1.54) is 4.90 Å². The zero-order valence-corrected chi connectivity index (χ0v) is 17.7. The molecular formula is C19H27N3O5S.